The first-order chi connectivity index (χ1) is 13.2. The second kappa shape index (κ2) is 7.84. The molecule has 1 fully saturated rings. The zero-order chi connectivity index (χ0) is 18.6. The topological polar surface area (TPSA) is 66.9 Å². The highest BCUT2D eigenvalue weighted by Gasteiger charge is 2.18. The van der Waals surface area contributed by atoms with Gasteiger partial charge in [-0.25, -0.2) is 4.98 Å². The Labute approximate surface area is 158 Å². The molecule has 2 aromatic rings. The van der Waals surface area contributed by atoms with Gasteiger partial charge in [0, 0.05) is 44.5 Å². The van der Waals surface area contributed by atoms with Crippen LogP contribution in [0.5, 0.6) is 11.5 Å². The summed E-state index contributed by atoms with van der Waals surface area (Å²) in [5.41, 5.74) is 1.59. The number of rotatable bonds is 5. The first-order valence-corrected chi connectivity index (χ1v) is 9.33. The summed E-state index contributed by atoms with van der Waals surface area (Å²) in [6, 6.07) is 9.31. The lowest BCUT2D eigenvalue weighted by Gasteiger charge is -2.34. The van der Waals surface area contributed by atoms with Gasteiger partial charge in [-0.05, 0) is 36.4 Å². The Morgan fingerprint density at radius 1 is 1.11 bits per heavy atom. The summed E-state index contributed by atoms with van der Waals surface area (Å²) in [6.07, 6.45) is 1.71. The molecule has 3 heterocycles. The number of likely N-dealkylation sites (N-methyl/N-ethyl adjacent to an activating group) is 1. The van der Waals surface area contributed by atoms with E-state index in [4.69, 9.17) is 9.47 Å². The number of fused-ring (bicyclic) bond motifs is 1. The fraction of sp³-hybridized carbons (Fsp3) is 0.400. The van der Waals surface area contributed by atoms with Crippen LogP contribution in [0, 0.1) is 0 Å². The maximum absolute atomic E-state index is 12.6. The molecule has 0 spiro atoms. The van der Waals surface area contributed by atoms with E-state index in [-0.39, 0.29) is 12.7 Å². The number of amides is 1. The van der Waals surface area contributed by atoms with Crippen LogP contribution < -0.4 is 19.7 Å². The standard InChI is InChI=1S/C20H24N4O3/c1-2-23-7-9-24(10-8-23)19-12-16(5-6-21-19)20(25)22-13-15-3-4-17-18(11-15)27-14-26-17/h3-6,11-12H,2,7-10,13-14H2,1H3,(H,22,25). The molecule has 0 unspecified atom stereocenters. The molecule has 2 aliphatic rings. The molecule has 142 valence electrons. The monoisotopic (exact) mass is 368 g/mol. The van der Waals surface area contributed by atoms with Gasteiger partial charge in [0.15, 0.2) is 11.5 Å². The number of pyridine rings is 1. The summed E-state index contributed by atoms with van der Waals surface area (Å²) in [6.45, 7) is 7.85. The predicted molar refractivity (Wildman–Crippen MR) is 102 cm³/mol. The number of nitrogens with one attached hydrogen (secondary N) is 1. The molecule has 7 nitrogen and oxygen atoms in total. The van der Waals surface area contributed by atoms with Crippen molar-refractivity contribution in [2.45, 2.75) is 13.5 Å². The minimum atomic E-state index is -0.108. The fourth-order valence-corrected chi connectivity index (χ4v) is 3.36. The highest BCUT2D eigenvalue weighted by Crippen LogP contribution is 2.32. The quantitative estimate of drug-likeness (QED) is 0.869. The van der Waals surface area contributed by atoms with Crippen LogP contribution in [-0.2, 0) is 6.54 Å². The molecule has 7 heteroatoms. The maximum Gasteiger partial charge on any atom is 0.251 e. The summed E-state index contributed by atoms with van der Waals surface area (Å²) in [5, 5.41) is 2.96. The number of aromatic nitrogens is 1. The molecule has 0 bridgehead atoms. The second-order valence-electron chi connectivity index (χ2n) is 6.69. The fourth-order valence-electron chi connectivity index (χ4n) is 3.36. The summed E-state index contributed by atoms with van der Waals surface area (Å²) in [5.74, 6) is 2.22. The van der Waals surface area contributed by atoms with Crippen LogP contribution in [-0.4, -0.2) is 55.3 Å². The zero-order valence-corrected chi connectivity index (χ0v) is 15.5. The van der Waals surface area contributed by atoms with Gasteiger partial charge in [0.25, 0.3) is 5.91 Å². The molecule has 0 aliphatic carbocycles. The minimum absolute atomic E-state index is 0.108. The Hall–Kier alpha value is -2.80. The maximum atomic E-state index is 12.6. The van der Waals surface area contributed by atoms with Gasteiger partial charge in [0.2, 0.25) is 6.79 Å². The van der Waals surface area contributed by atoms with Gasteiger partial charge in [-0.1, -0.05) is 13.0 Å². The van der Waals surface area contributed by atoms with Crippen LogP contribution in [0.3, 0.4) is 0 Å². The van der Waals surface area contributed by atoms with E-state index in [0.717, 1.165) is 55.6 Å². The van der Waals surface area contributed by atoms with Gasteiger partial charge in [-0.3, -0.25) is 4.79 Å². The third-order valence-electron chi connectivity index (χ3n) is 5.04. The molecule has 0 atom stereocenters. The SMILES string of the molecule is CCN1CCN(c2cc(C(=O)NCc3ccc4c(c3)OCO4)ccn2)CC1. The van der Waals surface area contributed by atoms with Gasteiger partial charge in [0.1, 0.15) is 5.82 Å². The number of hydrogen-bond acceptors (Lipinski definition) is 6. The Balaban J connectivity index is 1.37. The van der Waals surface area contributed by atoms with E-state index >= 15 is 0 Å². The first-order valence-electron chi connectivity index (χ1n) is 9.33. The lowest BCUT2D eigenvalue weighted by Crippen LogP contribution is -2.46. The van der Waals surface area contributed by atoms with E-state index < -0.39 is 0 Å². The average Bonchev–Trinajstić information content (AvgIpc) is 3.20. The zero-order valence-electron chi connectivity index (χ0n) is 15.5. The summed E-state index contributed by atoms with van der Waals surface area (Å²) in [7, 11) is 0. The van der Waals surface area contributed by atoms with E-state index in [2.05, 4.69) is 27.0 Å². The molecular weight excluding hydrogens is 344 g/mol. The van der Waals surface area contributed by atoms with Gasteiger partial charge in [-0.15, -0.1) is 0 Å². The third kappa shape index (κ3) is 3.98. The second-order valence-corrected chi connectivity index (χ2v) is 6.69. The molecule has 0 saturated carbocycles. The van der Waals surface area contributed by atoms with Crippen molar-refractivity contribution in [3.63, 3.8) is 0 Å². The van der Waals surface area contributed by atoms with Crippen molar-refractivity contribution in [3.05, 3.63) is 47.7 Å². The number of carbonyl (C=O) groups is 1. The van der Waals surface area contributed by atoms with Crippen molar-refractivity contribution in [2.24, 2.45) is 0 Å². The predicted octanol–water partition coefficient (Wildman–Crippen LogP) is 1.88. The van der Waals surface area contributed by atoms with Crippen LogP contribution in [0.2, 0.25) is 0 Å². The number of hydrogen-bond donors (Lipinski definition) is 1. The normalized spacial score (nSPS) is 16.4. The molecule has 2 aliphatic heterocycles. The van der Waals surface area contributed by atoms with Gasteiger partial charge >= 0.3 is 0 Å². The highest BCUT2D eigenvalue weighted by molar-refractivity contribution is 5.94. The smallest absolute Gasteiger partial charge is 0.251 e. The molecular formula is C20H24N4O3. The number of piperazine rings is 1. The molecule has 1 N–H and O–H groups in total. The molecule has 4 rings (SSSR count). The Morgan fingerprint density at radius 2 is 1.93 bits per heavy atom. The number of anilines is 1. The molecule has 27 heavy (non-hydrogen) atoms. The number of carbonyl (C=O) groups excluding carboxylic acids is 1. The molecule has 1 saturated heterocycles. The molecule has 1 aromatic carbocycles. The molecule has 1 amide bonds. The van der Waals surface area contributed by atoms with Crippen molar-refractivity contribution in [2.75, 3.05) is 44.4 Å². The van der Waals surface area contributed by atoms with Gasteiger partial charge in [0.05, 0.1) is 0 Å². The summed E-state index contributed by atoms with van der Waals surface area (Å²) >= 11 is 0. The van der Waals surface area contributed by atoms with E-state index in [0.29, 0.717) is 12.1 Å². The highest BCUT2D eigenvalue weighted by atomic mass is 16.7. The minimum Gasteiger partial charge on any atom is -0.454 e. The Bertz CT molecular complexity index is 819. The van der Waals surface area contributed by atoms with Crippen LogP contribution in [0.15, 0.2) is 36.5 Å². The average molecular weight is 368 g/mol. The number of nitrogens with zero attached hydrogens (tertiary/aromatic N) is 3. The number of ether oxygens (including phenoxy) is 2. The van der Waals surface area contributed by atoms with E-state index in [9.17, 15) is 4.79 Å². The van der Waals surface area contributed by atoms with Gasteiger partial charge in [-0.2, -0.15) is 0 Å². The van der Waals surface area contributed by atoms with Crippen molar-refractivity contribution in [1.29, 1.82) is 0 Å². The lowest BCUT2D eigenvalue weighted by molar-refractivity contribution is 0.0950. The van der Waals surface area contributed by atoms with Gasteiger partial charge < -0.3 is 24.6 Å². The van der Waals surface area contributed by atoms with Crippen LogP contribution in [0.1, 0.15) is 22.8 Å². The van der Waals surface area contributed by atoms with Crippen LogP contribution >= 0.6 is 0 Å². The summed E-state index contributed by atoms with van der Waals surface area (Å²) in [4.78, 5) is 21.7. The third-order valence-corrected chi connectivity index (χ3v) is 5.04. The van der Waals surface area contributed by atoms with Crippen molar-refractivity contribution < 1.29 is 14.3 Å². The van der Waals surface area contributed by atoms with Crippen molar-refractivity contribution in [3.8, 4) is 11.5 Å². The van der Waals surface area contributed by atoms with Crippen molar-refractivity contribution >= 4 is 11.7 Å². The van der Waals surface area contributed by atoms with Crippen LogP contribution in [0.25, 0.3) is 0 Å². The van der Waals surface area contributed by atoms with E-state index in [1.165, 1.54) is 0 Å². The first kappa shape index (κ1) is 17.6. The number of benzene rings is 1. The van der Waals surface area contributed by atoms with Crippen LogP contribution in [0.4, 0.5) is 5.82 Å². The summed E-state index contributed by atoms with van der Waals surface area (Å²) < 4.78 is 10.7. The Morgan fingerprint density at radius 3 is 2.74 bits per heavy atom. The molecule has 0 radical (unpaired) electrons. The molecule has 1 aromatic heterocycles. The van der Waals surface area contributed by atoms with Crippen molar-refractivity contribution in [1.82, 2.24) is 15.2 Å². The van der Waals surface area contributed by atoms with E-state index in [1.807, 2.05) is 24.3 Å². The largest absolute Gasteiger partial charge is 0.454 e. The Kier molecular flexibility index (Phi) is 5.11. The lowest BCUT2D eigenvalue weighted by atomic mass is 10.2. The van der Waals surface area contributed by atoms with E-state index in [1.54, 1.807) is 12.3 Å².